The number of primary amides is 1. The van der Waals surface area contributed by atoms with Crippen LogP contribution in [0.2, 0.25) is 0 Å². The van der Waals surface area contributed by atoms with Crippen LogP contribution in [0, 0.1) is 0 Å². The number of aromatic hydroxyl groups is 1. The molecule has 0 bridgehead atoms. The van der Waals surface area contributed by atoms with Crippen molar-refractivity contribution in [3.8, 4) is 5.75 Å². The minimum absolute atomic E-state index is 0.0182. The second-order valence-corrected chi connectivity index (χ2v) is 9.23. The normalized spacial score (nSPS) is 13.8. The number of hydrogen-bond donors (Lipinski definition) is 9. The highest BCUT2D eigenvalue weighted by molar-refractivity contribution is 5.95. The maximum absolute atomic E-state index is 13.3. The molecule has 1 heterocycles. The van der Waals surface area contributed by atoms with E-state index in [0.29, 0.717) is 30.6 Å². The van der Waals surface area contributed by atoms with E-state index in [2.05, 4.69) is 25.9 Å². The van der Waals surface area contributed by atoms with Gasteiger partial charge in [-0.2, -0.15) is 0 Å². The van der Waals surface area contributed by atoms with E-state index in [1.54, 1.807) is 0 Å². The van der Waals surface area contributed by atoms with Gasteiger partial charge in [0.25, 0.3) is 0 Å². The van der Waals surface area contributed by atoms with E-state index in [-0.39, 0.29) is 25.0 Å². The molecule has 4 atom stereocenters. The Morgan fingerprint density at radius 1 is 0.900 bits per heavy atom. The fourth-order valence-corrected chi connectivity index (χ4v) is 3.79. The van der Waals surface area contributed by atoms with Crippen molar-refractivity contribution >= 4 is 29.6 Å². The third-order valence-electron chi connectivity index (χ3n) is 5.94. The monoisotopic (exact) mass is 560 g/mol. The Balaban J connectivity index is 2.22. The van der Waals surface area contributed by atoms with Gasteiger partial charge in [0.2, 0.25) is 23.6 Å². The van der Waals surface area contributed by atoms with Crippen molar-refractivity contribution < 1.29 is 34.2 Å². The summed E-state index contributed by atoms with van der Waals surface area (Å²) in [6.07, 6.45) is 3.61. The Morgan fingerprint density at radius 3 is 2.10 bits per heavy atom. The van der Waals surface area contributed by atoms with Crippen LogP contribution >= 0.6 is 0 Å². The molecule has 0 saturated heterocycles. The van der Waals surface area contributed by atoms with E-state index in [1.165, 1.54) is 36.8 Å². The van der Waals surface area contributed by atoms with E-state index in [0.717, 1.165) is 0 Å². The molecule has 2 aromatic rings. The van der Waals surface area contributed by atoms with Gasteiger partial charge in [-0.05, 0) is 43.5 Å². The first-order valence-electron chi connectivity index (χ1n) is 12.6. The van der Waals surface area contributed by atoms with Gasteiger partial charge in [0.15, 0.2) is 0 Å². The zero-order valence-corrected chi connectivity index (χ0v) is 21.8. The molecule has 1 aromatic carbocycles. The molecule has 0 radical (unpaired) electrons. The third-order valence-corrected chi connectivity index (χ3v) is 5.94. The predicted molar refractivity (Wildman–Crippen MR) is 142 cm³/mol. The number of amides is 4. The number of phenols is 1. The van der Waals surface area contributed by atoms with Crippen molar-refractivity contribution in [1.29, 1.82) is 0 Å². The number of hydrogen-bond acceptors (Lipinski definition) is 9. The molecule has 1 aromatic heterocycles. The largest absolute Gasteiger partial charge is 0.508 e. The van der Waals surface area contributed by atoms with Crippen molar-refractivity contribution in [3.63, 3.8) is 0 Å². The van der Waals surface area contributed by atoms with Crippen LogP contribution in [-0.4, -0.2) is 80.5 Å². The van der Waals surface area contributed by atoms with Gasteiger partial charge in [0.1, 0.15) is 23.9 Å². The Morgan fingerprint density at radius 2 is 1.52 bits per heavy atom. The van der Waals surface area contributed by atoms with E-state index in [4.69, 9.17) is 17.2 Å². The summed E-state index contributed by atoms with van der Waals surface area (Å²) in [4.78, 5) is 68.8. The third kappa shape index (κ3) is 10.7. The first kappa shape index (κ1) is 31.7. The molecule has 4 amide bonds. The maximum Gasteiger partial charge on any atom is 0.326 e. The molecular formula is C25H36N8O7. The summed E-state index contributed by atoms with van der Waals surface area (Å²) in [6, 6.07) is 0.814. The number of aromatic nitrogens is 2. The van der Waals surface area contributed by atoms with Crippen LogP contribution in [0.4, 0.5) is 0 Å². The molecule has 12 N–H and O–H groups in total. The van der Waals surface area contributed by atoms with Crippen LogP contribution in [0.3, 0.4) is 0 Å². The Kier molecular flexibility index (Phi) is 12.5. The molecule has 0 aliphatic heterocycles. The number of nitrogens with two attached hydrogens (primary N) is 3. The average Bonchev–Trinajstić information content (AvgIpc) is 3.41. The summed E-state index contributed by atoms with van der Waals surface area (Å²) in [5, 5.41) is 26.4. The second-order valence-electron chi connectivity index (χ2n) is 9.23. The smallest absolute Gasteiger partial charge is 0.326 e. The van der Waals surface area contributed by atoms with Gasteiger partial charge >= 0.3 is 5.97 Å². The SMILES string of the molecule is NCCCCC(NC(=O)C(N)Cc1cnc[nH]1)C(=O)NC(Cc1ccc(O)cc1)C(=O)NC(CC(N)=O)C(=O)O. The highest BCUT2D eigenvalue weighted by Crippen LogP contribution is 2.12. The Hall–Kier alpha value is -4.50. The molecular weight excluding hydrogens is 524 g/mol. The number of benzene rings is 1. The lowest BCUT2D eigenvalue weighted by Crippen LogP contribution is -2.58. The molecule has 15 nitrogen and oxygen atoms in total. The lowest BCUT2D eigenvalue weighted by atomic mass is 10.0. The molecule has 0 aliphatic carbocycles. The number of imidazole rings is 1. The second kappa shape index (κ2) is 15.8. The lowest BCUT2D eigenvalue weighted by Gasteiger charge is -2.25. The molecule has 218 valence electrons. The molecule has 0 fully saturated rings. The Labute approximate surface area is 230 Å². The van der Waals surface area contributed by atoms with Crippen LogP contribution in [-0.2, 0) is 36.8 Å². The van der Waals surface area contributed by atoms with Gasteiger partial charge in [-0.25, -0.2) is 9.78 Å². The number of rotatable bonds is 17. The molecule has 0 saturated carbocycles. The zero-order chi connectivity index (χ0) is 29.7. The Bertz CT molecular complexity index is 1140. The fraction of sp³-hybridized carbons (Fsp3) is 0.440. The number of carbonyl (C=O) groups excluding carboxylic acids is 4. The first-order chi connectivity index (χ1) is 19.0. The molecule has 0 spiro atoms. The molecule has 0 aliphatic rings. The molecule has 2 rings (SSSR count). The van der Waals surface area contributed by atoms with Gasteiger partial charge in [-0.15, -0.1) is 0 Å². The minimum Gasteiger partial charge on any atom is -0.508 e. The quantitative estimate of drug-likeness (QED) is 0.0939. The van der Waals surface area contributed by atoms with E-state index in [9.17, 15) is 34.2 Å². The number of nitrogens with one attached hydrogen (secondary N) is 4. The summed E-state index contributed by atoms with van der Waals surface area (Å²) in [5.41, 5.74) is 17.8. The van der Waals surface area contributed by atoms with Crippen LogP contribution in [0.15, 0.2) is 36.8 Å². The van der Waals surface area contributed by atoms with Crippen molar-refractivity contribution in [3.05, 3.63) is 48.0 Å². The number of phenolic OH excluding ortho intramolecular Hbond substituents is 1. The number of nitrogens with zero attached hydrogens (tertiary/aromatic N) is 1. The number of H-pyrrole nitrogens is 1. The number of carboxylic acids is 1. The van der Waals surface area contributed by atoms with Gasteiger partial charge in [-0.1, -0.05) is 12.1 Å². The van der Waals surface area contributed by atoms with Gasteiger partial charge < -0.3 is 48.3 Å². The highest BCUT2D eigenvalue weighted by Gasteiger charge is 2.31. The first-order valence-corrected chi connectivity index (χ1v) is 12.6. The van der Waals surface area contributed by atoms with Crippen molar-refractivity contribution in [2.45, 2.75) is 62.7 Å². The fourth-order valence-electron chi connectivity index (χ4n) is 3.79. The van der Waals surface area contributed by atoms with Crippen LogP contribution in [0.1, 0.15) is 36.9 Å². The maximum atomic E-state index is 13.3. The minimum atomic E-state index is -1.62. The predicted octanol–water partition coefficient (Wildman–Crippen LogP) is -2.23. The molecule has 40 heavy (non-hydrogen) atoms. The standard InChI is InChI=1S/C25H36N8O7/c26-8-2-1-3-18(31-22(36)17(27)10-15-12-29-13-30-15)23(37)32-19(9-14-4-6-16(34)7-5-14)24(38)33-20(25(39)40)11-21(28)35/h4-7,12-13,17-20,34H,1-3,8-11,26-27H2,(H2,28,35)(H,29,30)(H,31,36)(H,32,37)(H,33,38)(H,39,40). The van der Waals surface area contributed by atoms with Gasteiger partial charge in [0.05, 0.1) is 18.8 Å². The highest BCUT2D eigenvalue weighted by atomic mass is 16.4. The number of carboxylic acid groups (broad SMARTS) is 1. The molecule has 15 heteroatoms. The van der Waals surface area contributed by atoms with Gasteiger partial charge in [0, 0.05) is 24.7 Å². The summed E-state index contributed by atoms with van der Waals surface area (Å²) < 4.78 is 0. The number of aliphatic carboxylic acids is 1. The van der Waals surface area contributed by atoms with Crippen LogP contribution in [0.25, 0.3) is 0 Å². The van der Waals surface area contributed by atoms with E-state index < -0.39 is 60.2 Å². The molecule has 4 unspecified atom stereocenters. The summed E-state index contributed by atoms with van der Waals surface area (Å²) in [5.74, 6) is -4.65. The number of unbranched alkanes of at least 4 members (excludes halogenated alkanes) is 1. The number of aromatic amines is 1. The summed E-state index contributed by atoms with van der Waals surface area (Å²) in [7, 11) is 0. The topological polar surface area (TPSA) is 269 Å². The number of carbonyl (C=O) groups is 5. The van der Waals surface area contributed by atoms with Crippen molar-refractivity contribution in [2.75, 3.05) is 6.54 Å². The van der Waals surface area contributed by atoms with Crippen molar-refractivity contribution in [1.82, 2.24) is 25.9 Å². The van der Waals surface area contributed by atoms with Crippen LogP contribution in [0.5, 0.6) is 5.75 Å². The average molecular weight is 561 g/mol. The summed E-state index contributed by atoms with van der Waals surface area (Å²) >= 11 is 0. The van der Waals surface area contributed by atoms with Crippen LogP contribution < -0.4 is 33.2 Å². The van der Waals surface area contributed by atoms with E-state index >= 15 is 0 Å². The van der Waals surface area contributed by atoms with E-state index in [1.807, 2.05) is 0 Å². The van der Waals surface area contributed by atoms with Gasteiger partial charge in [-0.3, -0.25) is 19.2 Å². The van der Waals surface area contributed by atoms with Crippen molar-refractivity contribution in [2.24, 2.45) is 17.2 Å². The lowest BCUT2D eigenvalue weighted by molar-refractivity contribution is -0.143. The summed E-state index contributed by atoms with van der Waals surface area (Å²) in [6.45, 7) is 0.365. The zero-order valence-electron chi connectivity index (χ0n) is 21.8.